The molecule has 1 saturated carbocycles. The number of rotatable bonds is 4. The van der Waals surface area contributed by atoms with Crippen molar-refractivity contribution < 1.29 is 9.53 Å². The van der Waals surface area contributed by atoms with Crippen LogP contribution in [0.3, 0.4) is 0 Å². The van der Waals surface area contributed by atoms with E-state index in [9.17, 15) is 4.79 Å². The summed E-state index contributed by atoms with van der Waals surface area (Å²) in [7, 11) is 1.65. The van der Waals surface area contributed by atoms with Gasteiger partial charge in [0.25, 0.3) is 0 Å². The lowest BCUT2D eigenvalue weighted by molar-refractivity contribution is -0.122. The molecule has 0 bridgehead atoms. The molecule has 1 aliphatic carbocycles. The van der Waals surface area contributed by atoms with Crippen molar-refractivity contribution in [2.75, 3.05) is 12.4 Å². The molecule has 120 valence electrons. The van der Waals surface area contributed by atoms with Crippen molar-refractivity contribution in [2.24, 2.45) is 5.92 Å². The molecule has 0 saturated heterocycles. The van der Waals surface area contributed by atoms with Crippen LogP contribution in [0.2, 0.25) is 0 Å². The molecule has 5 nitrogen and oxygen atoms in total. The van der Waals surface area contributed by atoms with E-state index in [1.807, 2.05) is 40.7 Å². The molecule has 0 unspecified atom stereocenters. The van der Waals surface area contributed by atoms with E-state index in [4.69, 9.17) is 9.84 Å². The van der Waals surface area contributed by atoms with Crippen LogP contribution in [0.1, 0.15) is 30.5 Å². The molecule has 1 fully saturated rings. The smallest absolute Gasteiger partial charge is 0.228 e. The second-order valence-electron chi connectivity index (χ2n) is 5.99. The number of benzene rings is 1. The van der Waals surface area contributed by atoms with Gasteiger partial charge in [-0.15, -0.1) is 0 Å². The molecule has 4 rings (SSSR count). The predicted octanol–water partition coefficient (Wildman–Crippen LogP) is 3.37. The van der Waals surface area contributed by atoms with E-state index < -0.39 is 0 Å². The van der Waals surface area contributed by atoms with Gasteiger partial charge in [-0.05, 0) is 37.1 Å². The molecular weight excluding hydrogens is 310 g/mol. The standard InChI is InChI=1S/C17H19N3O2S/c1-22-13-7-5-12(6-8-13)20-16(14-9-23-10-15(14)19-20)18-17(21)11-3-2-4-11/h5-8,11H,2-4,9-10H2,1H3,(H,18,21). The Labute approximate surface area is 139 Å². The molecule has 1 aromatic carbocycles. The Kier molecular flexibility index (Phi) is 3.77. The number of ether oxygens (including phenoxy) is 1. The SMILES string of the molecule is COc1ccc(-n2nc3c(c2NC(=O)C2CCC2)CSC3)cc1. The molecule has 23 heavy (non-hydrogen) atoms. The number of amides is 1. The van der Waals surface area contributed by atoms with Gasteiger partial charge < -0.3 is 10.1 Å². The van der Waals surface area contributed by atoms with Crippen LogP contribution in [-0.2, 0) is 16.3 Å². The number of aromatic nitrogens is 2. The largest absolute Gasteiger partial charge is 0.497 e. The number of methoxy groups -OCH3 is 1. The summed E-state index contributed by atoms with van der Waals surface area (Å²) in [6.45, 7) is 0. The highest BCUT2D eigenvalue weighted by molar-refractivity contribution is 7.98. The molecular formula is C17H19N3O2S. The highest BCUT2D eigenvalue weighted by Crippen LogP contribution is 2.37. The summed E-state index contributed by atoms with van der Waals surface area (Å²) in [4.78, 5) is 12.4. The molecule has 1 aromatic heterocycles. The van der Waals surface area contributed by atoms with Gasteiger partial charge >= 0.3 is 0 Å². The van der Waals surface area contributed by atoms with Crippen molar-refractivity contribution in [1.82, 2.24) is 9.78 Å². The number of thioether (sulfide) groups is 1. The third-order valence-electron chi connectivity index (χ3n) is 4.59. The molecule has 6 heteroatoms. The van der Waals surface area contributed by atoms with Crippen molar-refractivity contribution in [3.63, 3.8) is 0 Å². The zero-order valence-electron chi connectivity index (χ0n) is 13.0. The van der Waals surface area contributed by atoms with E-state index in [1.54, 1.807) is 7.11 Å². The Bertz CT molecular complexity index is 735. The number of hydrogen-bond acceptors (Lipinski definition) is 4. The quantitative estimate of drug-likeness (QED) is 0.934. The zero-order valence-corrected chi connectivity index (χ0v) is 13.9. The minimum absolute atomic E-state index is 0.130. The minimum Gasteiger partial charge on any atom is -0.497 e. The van der Waals surface area contributed by atoms with Gasteiger partial charge in [0, 0.05) is 23.0 Å². The Hall–Kier alpha value is -1.95. The zero-order chi connectivity index (χ0) is 15.8. The van der Waals surface area contributed by atoms with Gasteiger partial charge in [0.15, 0.2) is 0 Å². The molecule has 0 spiro atoms. The van der Waals surface area contributed by atoms with Crippen molar-refractivity contribution in [3.8, 4) is 11.4 Å². The highest BCUT2D eigenvalue weighted by atomic mass is 32.2. The third-order valence-corrected chi connectivity index (χ3v) is 5.56. The number of fused-ring (bicyclic) bond motifs is 1. The molecule has 1 N–H and O–H groups in total. The predicted molar refractivity (Wildman–Crippen MR) is 91.1 cm³/mol. The summed E-state index contributed by atoms with van der Waals surface area (Å²) in [6.07, 6.45) is 3.16. The Morgan fingerprint density at radius 3 is 2.74 bits per heavy atom. The first kappa shape index (κ1) is 14.6. The topological polar surface area (TPSA) is 56.1 Å². The fourth-order valence-corrected chi connectivity index (χ4v) is 3.98. The van der Waals surface area contributed by atoms with E-state index in [2.05, 4.69) is 5.32 Å². The number of hydrogen-bond donors (Lipinski definition) is 1. The number of anilines is 1. The van der Waals surface area contributed by atoms with Gasteiger partial charge in [-0.1, -0.05) is 6.42 Å². The molecule has 0 radical (unpaired) electrons. The molecule has 2 aliphatic rings. The number of nitrogens with one attached hydrogen (secondary N) is 1. The maximum Gasteiger partial charge on any atom is 0.228 e. The second-order valence-corrected chi connectivity index (χ2v) is 6.98. The van der Waals surface area contributed by atoms with Gasteiger partial charge in [-0.3, -0.25) is 4.79 Å². The first-order valence-electron chi connectivity index (χ1n) is 7.90. The molecule has 1 amide bonds. The van der Waals surface area contributed by atoms with E-state index in [0.717, 1.165) is 53.7 Å². The Balaban J connectivity index is 1.69. The van der Waals surface area contributed by atoms with Crippen molar-refractivity contribution in [1.29, 1.82) is 0 Å². The summed E-state index contributed by atoms with van der Waals surface area (Å²) in [5.74, 6) is 3.76. The van der Waals surface area contributed by atoms with Gasteiger partial charge in [0.1, 0.15) is 11.6 Å². The first-order chi connectivity index (χ1) is 11.3. The van der Waals surface area contributed by atoms with Crippen LogP contribution in [0, 0.1) is 5.92 Å². The lowest BCUT2D eigenvalue weighted by atomic mass is 9.85. The normalized spacial score (nSPS) is 16.7. The number of nitrogens with zero attached hydrogens (tertiary/aromatic N) is 2. The minimum atomic E-state index is 0.130. The maximum atomic E-state index is 12.4. The average molecular weight is 329 g/mol. The molecule has 0 atom stereocenters. The molecule has 2 heterocycles. The third kappa shape index (κ3) is 2.61. The summed E-state index contributed by atoms with van der Waals surface area (Å²) < 4.78 is 7.07. The van der Waals surface area contributed by atoms with Gasteiger partial charge in [-0.2, -0.15) is 16.9 Å². The fraction of sp³-hybridized carbons (Fsp3) is 0.412. The molecule has 2 aromatic rings. The van der Waals surface area contributed by atoms with E-state index in [0.29, 0.717) is 0 Å². The van der Waals surface area contributed by atoms with E-state index in [-0.39, 0.29) is 11.8 Å². The van der Waals surface area contributed by atoms with E-state index >= 15 is 0 Å². The van der Waals surface area contributed by atoms with Gasteiger partial charge in [0.2, 0.25) is 5.91 Å². The van der Waals surface area contributed by atoms with Crippen LogP contribution in [0.5, 0.6) is 5.75 Å². The Morgan fingerprint density at radius 1 is 1.30 bits per heavy atom. The van der Waals surface area contributed by atoms with Crippen LogP contribution >= 0.6 is 11.8 Å². The second kappa shape index (κ2) is 5.92. The maximum absolute atomic E-state index is 12.4. The fourth-order valence-electron chi connectivity index (χ4n) is 2.94. The number of carbonyl (C=O) groups is 1. The average Bonchev–Trinajstić information content (AvgIpc) is 3.08. The van der Waals surface area contributed by atoms with Crippen molar-refractivity contribution >= 4 is 23.5 Å². The van der Waals surface area contributed by atoms with E-state index in [1.165, 1.54) is 5.56 Å². The summed E-state index contributed by atoms with van der Waals surface area (Å²) in [5.41, 5.74) is 3.18. The summed E-state index contributed by atoms with van der Waals surface area (Å²) >= 11 is 1.84. The Morgan fingerprint density at radius 2 is 2.09 bits per heavy atom. The van der Waals surface area contributed by atoms with Gasteiger partial charge in [0.05, 0.1) is 18.5 Å². The lowest BCUT2D eigenvalue weighted by Gasteiger charge is -2.24. The van der Waals surface area contributed by atoms with Crippen LogP contribution < -0.4 is 10.1 Å². The van der Waals surface area contributed by atoms with Crippen LogP contribution in [-0.4, -0.2) is 22.8 Å². The number of carbonyl (C=O) groups excluding carboxylic acids is 1. The monoisotopic (exact) mass is 329 g/mol. The molecule has 1 aliphatic heterocycles. The van der Waals surface area contributed by atoms with Gasteiger partial charge in [-0.25, -0.2) is 4.68 Å². The van der Waals surface area contributed by atoms with Crippen LogP contribution in [0.15, 0.2) is 24.3 Å². The lowest BCUT2D eigenvalue weighted by Crippen LogP contribution is -2.29. The van der Waals surface area contributed by atoms with Crippen molar-refractivity contribution in [2.45, 2.75) is 30.8 Å². The summed E-state index contributed by atoms with van der Waals surface area (Å²) in [5, 5.41) is 7.85. The van der Waals surface area contributed by atoms with Crippen LogP contribution in [0.4, 0.5) is 5.82 Å². The summed E-state index contributed by atoms with van der Waals surface area (Å²) in [6, 6.07) is 7.75. The van der Waals surface area contributed by atoms with Crippen molar-refractivity contribution in [3.05, 3.63) is 35.5 Å². The highest BCUT2D eigenvalue weighted by Gasteiger charge is 2.29. The first-order valence-corrected chi connectivity index (χ1v) is 9.05. The van der Waals surface area contributed by atoms with Crippen LogP contribution in [0.25, 0.3) is 5.69 Å².